The van der Waals surface area contributed by atoms with Crippen molar-refractivity contribution in [3.8, 4) is 0 Å². The van der Waals surface area contributed by atoms with Gasteiger partial charge in [-0.15, -0.1) is 0 Å². The van der Waals surface area contributed by atoms with Crippen molar-refractivity contribution >= 4 is 11.7 Å². The van der Waals surface area contributed by atoms with E-state index in [9.17, 15) is 14.9 Å². The van der Waals surface area contributed by atoms with Gasteiger partial charge in [-0.3, -0.25) is 14.9 Å². The predicted molar refractivity (Wildman–Crippen MR) is 65.2 cm³/mol. The Hall–Kier alpha value is -1.91. The van der Waals surface area contributed by atoms with Crippen molar-refractivity contribution in [1.82, 2.24) is 0 Å². The maximum atomic E-state index is 12.0. The van der Waals surface area contributed by atoms with Gasteiger partial charge < -0.3 is 4.74 Å². The van der Waals surface area contributed by atoms with E-state index in [-0.39, 0.29) is 11.7 Å². The largest absolute Gasteiger partial charge is 0.468 e. The quantitative estimate of drug-likeness (QED) is 0.468. The summed E-state index contributed by atoms with van der Waals surface area (Å²) in [7, 11) is 1.35. The Balaban J connectivity index is 2.41. The second kappa shape index (κ2) is 4.40. The fraction of sp³-hybridized carbons (Fsp3) is 0.462. The van der Waals surface area contributed by atoms with E-state index in [4.69, 9.17) is 4.74 Å². The topological polar surface area (TPSA) is 69.4 Å². The van der Waals surface area contributed by atoms with E-state index >= 15 is 0 Å². The molecule has 18 heavy (non-hydrogen) atoms. The van der Waals surface area contributed by atoms with Gasteiger partial charge in [0.15, 0.2) is 0 Å². The van der Waals surface area contributed by atoms with E-state index in [0.717, 1.165) is 0 Å². The molecule has 0 unspecified atom stereocenters. The van der Waals surface area contributed by atoms with Gasteiger partial charge in [0.2, 0.25) is 0 Å². The number of nitro groups is 1. The number of hydrogen-bond donors (Lipinski definition) is 0. The summed E-state index contributed by atoms with van der Waals surface area (Å²) in [6, 6.07) is 6.27. The van der Waals surface area contributed by atoms with Gasteiger partial charge in [0.05, 0.1) is 17.4 Å². The molecular formula is C13H15NO4. The predicted octanol–water partition coefficient (Wildman–Crippen LogP) is 2.44. The molecule has 1 aromatic carbocycles. The van der Waals surface area contributed by atoms with Crippen molar-refractivity contribution in [2.45, 2.75) is 25.2 Å². The van der Waals surface area contributed by atoms with Crippen LogP contribution in [0.25, 0.3) is 0 Å². The summed E-state index contributed by atoms with van der Waals surface area (Å²) < 4.78 is 4.85. The highest BCUT2D eigenvalue weighted by Crippen LogP contribution is 2.48. The van der Waals surface area contributed by atoms with Crippen LogP contribution in [-0.4, -0.2) is 18.0 Å². The van der Waals surface area contributed by atoms with Gasteiger partial charge in [0.25, 0.3) is 5.69 Å². The van der Waals surface area contributed by atoms with Crippen LogP contribution in [0.4, 0.5) is 5.69 Å². The average molecular weight is 249 g/mol. The van der Waals surface area contributed by atoms with Crippen LogP contribution in [0.3, 0.4) is 0 Å². The molecule has 1 saturated carbocycles. The molecule has 0 bridgehead atoms. The van der Waals surface area contributed by atoms with Crippen molar-refractivity contribution < 1.29 is 14.5 Å². The van der Waals surface area contributed by atoms with Crippen LogP contribution in [0.2, 0.25) is 0 Å². The normalized spacial score (nSPS) is 26.2. The van der Waals surface area contributed by atoms with Gasteiger partial charge in [-0.05, 0) is 24.3 Å². The number of methoxy groups -OCH3 is 1. The molecule has 2 rings (SSSR count). The van der Waals surface area contributed by atoms with Gasteiger partial charge in [0, 0.05) is 12.1 Å². The Morgan fingerprint density at radius 2 is 2.17 bits per heavy atom. The molecule has 1 aliphatic carbocycles. The number of carbonyl (C=O) groups is 1. The lowest BCUT2D eigenvalue weighted by atomic mass is 9.59. The zero-order valence-electron chi connectivity index (χ0n) is 10.4. The minimum atomic E-state index is -0.694. The summed E-state index contributed by atoms with van der Waals surface area (Å²) in [4.78, 5) is 22.3. The molecule has 1 fully saturated rings. The first-order valence-corrected chi connectivity index (χ1v) is 5.83. The van der Waals surface area contributed by atoms with Crippen LogP contribution < -0.4 is 0 Å². The fourth-order valence-corrected chi connectivity index (χ4v) is 2.76. The average Bonchev–Trinajstić information content (AvgIpc) is 2.33. The molecule has 5 nitrogen and oxygen atoms in total. The summed E-state index contributed by atoms with van der Waals surface area (Å²) >= 11 is 0. The van der Waals surface area contributed by atoms with Crippen molar-refractivity contribution in [3.05, 3.63) is 39.9 Å². The molecule has 0 aromatic heterocycles. The number of non-ortho nitro benzene ring substituents is 1. The summed E-state index contributed by atoms with van der Waals surface area (Å²) in [6.07, 6.45) is 1.36. The monoisotopic (exact) mass is 249 g/mol. The highest BCUT2D eigenvalue weighted by molar-refractivity contribution is 5.84. The molecule has 0 atom stereocenters. The maximum Gasteiger partial charge on any atom is 0.316 e. The van der Waals surface area contributed by atoms with Gasteiger partial charge in [-0.1, -0.05) is 19.1 Å². The third-order valence-corrected chi connectivity index (χ3v) is 3.58. The van der Waals surface area contributed by atoms with Crippen molar-refractivity contribution in [3.63, 3.8) is 0 Å². The Labute approximate surface area is 105 Å². The van der Waals surface area contributed by atoms with Crippen molar-refractivity contribution in [1.29, 1.82) is 0 Å². The number of hydrogen-bond acceptors (Lipinski definition) is 4. The van der Waals surface area contributed by atoms with Gasteiger partial charge in [-0.2, -0.15) is 0 Å². The zero-order chi connectivity index (χ0) is 13.3. The minimum absolute atomic E-state index is 0.00957. The Kier molecular flexibility index (Phi) is 3.07. The number of esters is 1. The fourth-order valence-electron chi connectivity index (χ4n) is 2.76. The lowest BCUT2D eigenvalue weighted by Gasteiger charge is -2.44. The number of benzene rings is 1. The molecule has 0 amide bonds. The smallest absolute Gasteiger partial charge is 0.316 e. The first-order chi connectivity index (χ1) is 8.49. The number of nitro benzene ring substituents is 1. The molecule has 0 radical (unpaired) electrons. The Morgan fingerprint density at radius 1 is 1.50 bits per heavy atom. The Bertz CT molecular complexity index is 492. The van der Waals surface area contributed by atoms with Crippen LogP contribution in [-0.2, 0) is 14.9 Å². The third kappa shape index (κ3) is 1.85. The highest BCUT2D eigenvalue weighted by Gasteiger charge is 2.51. The standard InChI is InChI=1S/C13H15NO4/c1-9-7-13(8-9,12(15)18-2)10-4-3-5-11(6-10)14(16)17/h3-6,9H,7-8H2,1-2H3. The van der Waals surface area contributed by atoms with Gasteiger partial charge >= 0.3 is 5.97 Å². The van der Waals surface area contributed by atoms with E-state index in [0.29, 0.717) is 24.3 Å². The molecule has 0 N–H and O–H groups in total. The summed E-state index contributed by atoms with van der Waals surface area (Å²) in [5, 5.41) is 10.8. The number of rotatable bonds is 3. The van der Waals surface area contributed by atoms with Crippen LogP contribution in [0, 0.1) is 16.0 Å². The summed E-state index contributed by atoms with van der Waals surface area (Å²) in [6.45, 7) is 2.05. The third-order valence-electron chi connectivity index (χ3n) is 3.58. The van der Waals surface area contributed by atoms with Gasteiger partial charge in [0.1, 0.15) is 0 Å². The Morgan fingerprint density at radius 3 is 2.67 bits per heavy atom. The second-order valence-corrected chi connectivity index (χ2v) is 4.89. The molecule has 0 spiro atoms. The first kappa shape index (κ1) is 12.5. The summed E-state index contributed by atoms with van der Waals surface area (Å²) in [5.41, 5.74) is -0.00261. The van der Waals surface area contributed by atoms with Crippen LogP contribution in [0.15, 0.2) is 24.3 Å². The van der Waals surface area contributed by atoms with E-state index in [1.54, 1.807) is 12.1 Å². The van der Waals surface area contributed by atoms with E-state index in [2.05, 4.69) is 6.92 Å². The molecular weight excluding hydrogens is 234 g/mol. The first-order valence-electron chi connectivity index (χ1n) is 5.83. The van der Waals surface area contributed by atoms with E-state index in [1.165, 1.54) is 19.2 Å². The zero-order valence-corrected chi connectivity index (χ0v) is 10.4. The van der Waals surface area contributed by atoms with Crippen LogP contribution in [0.5, 0.6) is 0 Å². The van der Waals surface area contributed by atoms with E-state index in [1.807, 2.05) is 0 Å². The number of carbonyl (C=O) groups excluding carboxylic acids is 1. The van der Waals surface area contributed by atoms with Crippen LogP contribution >= 0.6 is 0 Å². The second-order valence-electron chi connectivity index (χ2n) is 4.89. The number of nitrogens with zero attached hydrogens (tertiary/aromatic N) is 1. The molecule has 0 heterocycles. The molecule has 1 aliphatic rings. The minimum Gasteiger partial charge on any atom is -0.468 e. The molecule has 0 saturated heterocycles. The highest BCUT2D eigenvalue weighted by atomic mass is 16.6. The lowest BCUT2D eigenvalue weighted by molar-refractivity contribution is -0.385. The van der Waals surface area contributed by atoms with E-state index < -0.39 is 10.3 Å². The van der Waals surface area contributed by atoms with Crippen molar-refractivity contribution in [2.24, 2.45) is 5.92 Å². The maximum absolute atomic E-state index is 12.0. The van der Waals surface area contributed by atoms with Crippen molar-refractivity contribution in [2.75, 3.05) is 7.11 Å². The van der Waals surface area contributed by atoms with Gasteiger partial charge in [-0.25, -0.2) is 0 Å². The SMILES string of the molecule is COC(=O)C1(c2cccc([N+](=O)[O-])c2)CC(C)C1. The number of ether oxygens (including phenoxy) is 1. The molecule has 5 heteroatoms. The lowest BCUT2D eigenvalue weighted by Crippen LogP contribution is -2.47. The molecule has 0 aliphatic heterocycles. The molecule has 1 aromatic rings. The summed E-state index contributed by atoms with van der Waals surface area (Å²) in [5.74, 6) is 0.129. The molecule has 96 valence electrons. The van der Waals surface area contributed by atoms with Crippen LogP contribution in [0.1, 0.15) is 25.3 Å².